The monoisotopic (exact) mass is 462 g/mol. The van der Waals surface area contributed by atoms with Gasteiger partial charge in [-0.3, -0.25) is 23.5 Å². The first-order valence-corrected chi connectivity index (χ1v) is 12.9. The molecular formula is C22H30N4O5S. The van der Waals surface area contributed by atoms with Crippen LogP contribution in [0.4, 0.5) is 0 Å². The fourth-order valence-corrected chi connectivity index (χ4v) is 6.69. The van der Waals surface area contributed by atoms with E-state index < -0.39 is 10.6 Å². The normalized spacial score (nSPS) is 24.0. The molecule has 1 atom stereocenters. The van der Waals surface area contributed by atoms with Crippen LogP contribution in [0.5, 0.6) is 0 Å². The van der Waals surface area contributed by atoms with Gasteiger partial charge in [-0.1, -0.05) is 18.2 Å². The molecule has 2 aromatic rings. The predicted molar refractivity (Wildman–Crippen MR) is 121 cm³/mol. The molecule has 1 aromatic carbocycles. The van der Waals surface area contributed by atoms with Crippen LogP contribution in [-0.2, 0) is 10.5 Å². The van der Waals surface area contributed by atoms with Crippen molar-refractivity contribution in [2.75, 3.05) is 52.5 Å². The Balaban J connectivity index is 1.62. The molecule has 174 valence electrons. The Hall–Kier alpha value is -1.95. The Kier molecular flexibility index (Phi) is 5.99. The van der Waals surface area contributed by atoms with Gasteiger partial charge in [0, 0.05) is 37.3 Å². The summed E-state index contributed by atoms with van der Waals surface area (Å²) < 4.78 is 29.2. The van der Waals surface area contributed by atoms with Crippen LogP contribution in [0.15, 0.2) is 29.2 Å². The number of morpholine rings is 1. The largest absolute Gasteiger partial charge is 0.395 e. The topological polar surface area (TPSA) is 111 Å². The molecular weight excluding hydrogens is 432 g/mol. The highest BCUT2D eigenvalue weighted by Gasteiger charge is 2.39. The molecule has 0 radical (unpaired) electrons. The molecule has 0 aliphatic carbocycles. The van der Waals surface area contributed by atoms with E-state index >= 15 is 0 Å². The van der Waals surface area contributed by atoms with E-state index in [9.17, 15) is 19.0 Å². The Morgan fingerprint density at radius 2 is 1.97 bits per heavy atom. The third-order valence-corrected chi connectivity index (χ3v) is 8.34. The molecule has 5 rings (SSSR count). The third-order valence-electron chi connectivity index (χ3n) is 6.59. The number of carbonyl (C=O) groups excluding carboxylic acids is 1. The molecule has 9 nitrogen and oxygen atoms in total. The van der Waals surface area contributed by atoms with Crippen molar-refractivity contribution < 1.29 is 23.7 Å². The zero-order valence-corrected chi connectivity index (χ0v) is 18.8. The van der Waals surface area contributed by atoms with Gasteiger partial charge in [0.25, 0.3) is 5.91 Å². The maximum Gasteiger partial charge on any atom is 0.274 e. The second kappa shape index (κ2) is 8.77. The first-order valence-electron chi connectivity index (χ1n) is 11.2. The molecule has 0 saturated carbocycles. The van der Waals surface area contributed by atoms with Gasteiger partial charge in [0.1, 0.15) is 0 Å². The number of amides is 1. The molecule has 10 heteroatoms. The fourth-order valence-electron chi connectivity index (χ4n) is 5.05. The van der Waals surface area contributed by atoms with Crippen molar-refractivity contribution in [1.29, 1.82) is 0 Å². The third kappa shape index (κ3) is 3.85. The second-order valence-electron chi connectivity index (χ2n) is 8.65. The summed E-state index contributed by atoms with van der Waals surface area (Å²) in [5.74, 6) is -0.182. The van der Waals surface area contributed by atoms with Crippen LogP contribution in [0.1, 0.15) is 34.9 Å². The van der Waals surface area contributed by atoms with E-state index in [1.807, 2.05) is 22.9 Å². The number of likely N-dealkylation sites (tertiary alicyclic amines) is 1. The van der Waals surface area contributed by atoms with Crippen molar-refractivity contribution >= 4 is 16.5 Å². The van der Waals surface area contributed by atoms with Gasteiger partial charge in [0.2, 0.25) is 0 Å². The van der Waals surface area contributed by atoms with Crippen molar-refractivity contribution in [2.45, 2.75) is 29.5 Å². The first-order chi connectivity index (χ1) is 15.5. The van der Waals surface area contributed by atoms with E-state index in [-0.39, 0.29) is 24.3 Å². The van der Waals surface area contributed by atoms with Gasteiger partial charge in [-0.2, -0.15) is 15.7 Å². The molecule has 32 heavy (non-hydrogen) atoms. The molecule has 0 bridgehead atoms. The lowest BCUT2D eigenvalue weighted by Gasteiger charge is -2.39. The number of hydrogen-bond acceptors (Lipinski definition) is 7. The van der Waals surface area contributed by atoms with Gasteiger partial charge in [-0.25, -0.2) is 0 Å². The number of benzene rings is 1. The smallest absolute Gasteiger partial charge is 0.274 e. The maximum absolute atomic E-state index is 13.5. The quantitative estimate of drug-likeness (QED) is 0.639. The average molecular weight is 463 g/mol. The SMILES string of the molecule is O=C(c1nn(C2CCCN(CCO)C2)c2c1CS(O)(O)c1ccccc1-2)N1CCOCC1. The summed E-state index contributed by atoms with van der Waals surface area (Å²) in [6.45, 7) is 4.36. The van der Waals surface area contributed by atoms with Gasteiger partial charge in [0.15, 0.2) is 5.69 Å². The van der Waals surface area contributed by atoms with E-state index in [2.05, 4.69) is 4.90 Å². The number of β-amino-alcohol motifs (C(OH)–C–C–N with tert-alkyl or cyclic N) is 1. The molecule has 3 aliphatic heterocycles. The molecule has 1 aromatic heterocycles. The van der Waals surface area contributed by atoms with Crippen LogP contribution in [0.25, 0.3) is 11.3 Å². The lowest BCUT2D eigenvalue weighted by atomic mass is 10.0. The van der Waals surface area contributed by atoms with Crippen molar-refractivity contribution in [3.8, 4) is 11.3 Å². The number of hydrogen-bond donors (Lipinski definition) is 3. The van der Waals surface area contributed by atoms with E-state index in [0.717, 1.165) is 37.2 Å². The van der Waals surface area contributed by atoms with Crippen LogP contribution < -0.4 is 0 Å². The van der Waals surface area contributed by atoms with Crippen LogP contribution in [-0.4, -0.2) is 92.2 Å². The number of nitrogens with zero attached hydrogens (tertiary/aromatic N) is 4. The fraction of sp³-hybridized carbons (Fsp3) is 0.545. The molecule has 2 fully saturated rings. The lowest BCUT2D eigenvalue weighted by molar-refractivity contribution is 0.0297. The van der Waals surface area contributed by atoms with E-state index in [4.69, 9.17) is 9.84 Å². The highest BCUT2D eigenvalue weighted by molar-refractivity contribution is 8.23. The molecule has 2 saturated heterocycles. The zero-order valence-electron chi connectivity index (χ0n) is 18.0. The number of rotatable bonds is 4. The van der Waals surface area contributed by atoms with Crippen LogP contribution in [0.2, 0.25) is 0 Å². The minimum absolute atomic E-state index is 0.00215. The Bertz CT molecular complexity index is 1000. The highest BCUT2D eigenvalue weighted by atomic mass is 32.3. The molecule has 4 heterocycles. The Morgan fingerprint density at radius 1 is 1.19 bits per heavy atom. The van der Waals surface area contributed by atoms with Gasteiger partial charge in [-0.05, 0) is 25.5 Å². The Labute approximate surface area is 188 Å². The molecule has 3 N–H and O–H groups in total. The standard InChI is InChI=1S/C22H30N4O5S/c27-11-8-24-7-3-4-16(14-24)26-21-17-5-1-2-6-19(17)32(29,30)15-18(21)20(23-26)22(28)25-9-12-31-13-10-25/h1-2,5-6,16,27,29-30H,3-4,7-15H2. The van der Waals surface area contributed by atoms with Gasteiger partial charge >= 0.3 is 0 Å². The molecule has 3 aliphatic rings. The molecule has 1 unspecified atom stereocenters. The summed E-state index contributed by atoms with van der Waals surface area (Å²) in [4.78, 5) is 17.9. The highest BCUT2D eigenvalue weighted by Crippen LogP contribution is 2.60. The number of aliphatic hydroxyl groups is 1. The van der Waals surface area contributed by atoms with E-state index in [1.54, 1.807) is 11.0 Å². The van der Waals surface area contributed by atoms with Gasteiger partial charge in [-0.15, -0.1) is 0 Å². The van der Waals surface area contributed by atoms with Crippen LogP contribution in [0, 0.1) is 0 Å². The first kappa shape index (κ1) is 21.9. The van der Waals surface area contributed by atoms with E-state index in [0.29, 0.717) is 49.0 Å². The minimum Gasteiger partial charge on any atom is -0.395 e. The minimum atomic E-state index is -3.07. The summed E-state index contributed by atoms with van der Waals surface area (Å²) in [6, 6.07) is 7.37. The van der Waals surface area contributed by atoms with Crippen molar-refractivity contribution in [3.05, 3.63) is 35.5 Å². The number of piperidine rings is 1. The number of fused-ring (bicyclic) bond motifs is 3. The average Bonchev–Trinajstić information content (AvgIpc) is 3.18. The molecule has 1 amide bonds. The summed E-state index contributed by atoms with van der Waals surface area (Å²) in [6.07, 6.45) is 1.89. The number of aliphatic hydroxyl groups excluding tert-OH is 1. The second-order valence-corrected chi connectivity index (χ2v) is 10.7. The van der Waals surface area contributed by atoms with Crippen molar-refractivity contribution in [1.82, 2.24) is 19.6 Å². The zero-order chi connectivity index (χ0) is 22.3. The molecule has 0 spiro atoms. The van der Waals surface area contributed by atoms with Crippen LogP contribution in [0.3, 0.4) is 0 Å². The van der Waals surface area contributed by atoms with E-state index in [1.165, 1.54) is 0 Å². The Morgan fingerprint density at radius 3 is 2.75 bits per heavy atom. The van der Waals surface area contributed by atoms with Crippen molar-refractivity contribution in [3.63, 3.8) is 0 Å². The lowest BCUT2D eigenvalue weighted by Crippen LogP contribution is -2.41. The number of ether oxygens (including phenoxy) is 1. The van der Waals surface area contributed by atoms with Gasteiger partial charge < -0.3 is 14.7 Å². The van der Waals surface area contributed by atoms with Crippen molar-refractivity contribution in [2.24, 2.45) is 0 Å². The summed E-state index contributed by atoms with van der Waals surface area (Å²) >= 11 is 0. The van der Waals surface area contributed by atoms with Crippen LogP contribution >= 0.6 is 10.6 Å². The number of carbonyl (C=O) groups is 1. The maximum atomic E-state index is 13.5. The van der Waals surface area contributed by atoms with Gasteiger partial charge in [0.05, 0.1) is 42.2 Å². The summed E-state index contributed by atoms with van der Waals surface area (Å²) in [7, 11) is -3.07. The summed E-state index contributed by atoms with van der Waals surface area (Å²) in [5.41, 5.74) is 2.50. The predicted octanol–water partition coefficient (Wildman–Crippen LogP) is 2.27. The summed E-state index contributed by atoms with van der Waals surface area (Å²) in [5, 5.41) is 14.2. The number of aromatic nitrogens is 2.